The fourth-order valence-electron chi connectivity index (χ4n) is 2.30. The van der Waals surface area contributed by atoms with E-state index in [2.05, 4.69) is 42.7 Å². The number of nitrogens with one attached hydrogen (secondary N) is 3. The molecule has 0 saturated heterocycles. The molecule has 8 heteroatoms. The minimum Gasteiger partial charge on any atom is -0.368 e. The fourth-order valence-corrected chi connectivity index (χ4v) is 2.30. The summed E-state index contributed by atoms with van der Waals surface area (Å²) >= 11 is 0. The van der Waals surface area contributed by atoms with Gasteiger partial charge in [0.25, 0.3) is 5.91 Å². The zero-order valence-electron chi connectivity index (χ0n) is 13.1. The third kappa shape index (κ3) is 3.66. The quantitative estimate of drug-likeness (QED) is 0.507. The number of imidazole rings is 1. The van der Waals surface area contributed by atoms with Crippen molar-refractivity contribution in [2.45, 2.75) is 6.42 Å². The molecule has 2 aromatic heterocycles. The summed E-state index contributed by atoms with van der Waals surface area (Å²) in [6, 6.07) is 10.1. The van der Waals surface area contributed by atoms with Crippen molar-refractivity contribution in [2.24, 2.45) is 5.73 Å². The monoisotopic (exact) mass is 325 g/mol. The normalized spacial score (nSPS) is 10.7. The number of carbonyl (C=O) groups is 1. The molecule has 0 fully saturated rings. The third-order valence-electron chi connectivity index (χ3n) is 3.47. The highest BCUT2D eigenvalue weighted by Crippen LogP contribution is 2.16. The average Bonchev–Trinajstić information content (AvgIpc) is 3.09. The topological polar surface area (TPSA) is 122 Å². The van der Waals surface area contributed by atoms with Crippen molar-refractivity contribution in [2.75, 3.05) is 25.0 Å². The molecular formula is C16H19N7O. The van der Waals surface area contributed by atoms with Gasteiger partial charge >= 0.3 is 0 Å². The molecule has 0 saturated carbocycles. The molecule has 1 amide bonds. The SMILES string of the molecule is NCCNC(=O)c1nc(NCCc2ccccc2)c2[nH]cnc2n1. The van der Waals surface area contributed by atoms with Crippen molar-refractivity contribution in [3.8, 4) is 0 Å². The van der Waals surface area contributed by atoms with E-state index in [-0.39, 0.29) is 11.7 Å². The van der Waals surface area contributed by atoms with Crippen molar-refractivity contribution in [3.05, 3.63) is 48.0 Å². The Morgan fingerprint density at radius 1 is 1.17 bits per heavy atom. The maximum atomic E-state index is 12.1. The molecule has 0 radical (unpaired) electrons. The van der Waals surface area contributed by atoms with Crippen molar-refractivity contribution >= 4 is 22.9 Å². The molecule has 0 aliphatic carbocycles. The first-order valence-electron chi connectivity index (χ1n) is 7.75. The maximum Gasteiger partial charge on any atom is 0.289 e. The van der Waals surface area contributed by atoms with Gasteiger partial charge in [-0.2, -0.15) is 0 Å². The number of hydrogen-bond donors (Lipinski definition) is 4. The molecule has 2 heterocycles. The number of carbonyl (C=O) groups excluding carboxylic acids is 1. The van der Waals surface area contributed by atoms with E-state index in [1.807, 2.05) is 18.2 Å². The largest absolute Gasteiger partial charge is 0.368 e. The van der Waals surface area contributed by atoms with Crippen LogP contribution in [0, 0.1) is 0 Å². The van der Waals surface area contributed by atoms with Gasteiger partial charge in [0.2, 0.25) is 5.82 Å². The Hall–Kier alpha value is -3.00. The molecule has 8 nitrogen and oxygen atoms in total. The average molecular weight is 325 g/mol. The van der Waals surface area contributed by atoms with Gasteiger partial charge < -0.3 is 21.4 Å². The number of fused-ring (bicyclic) bond motifs is 1. The summed E-state index contributed by atoms with van der Waals surface area (Å²) in [4.78, 5) is 27.7. The second-order valence-corrected chi connectivity index (χ2v) is 5.20. The second-order valence-electron chi connectivity index (χ2n) is 5.20. The molecule has 124 valence electrons. The number of hydrogen-bond acceptors (Lipinski definition) is 6. The molecule has 0 aliphatic rings. The molecular weight excluding hydrogens is 306 g/mol. The lowest BCUT2D eigenvalue weighted by Crippen LogP contribution is -2.30. The lowest BCUT2D eigenvalue weighted by Gasteiger charge is -2.08. The lowest BCUT2D eigenvalue weighted by molar-refractivity contribution is 0.0945. The van der Waals surface area contributed by atoms with Gasteiger partial charge in [-0.05, 0) is 12.0 Å². The highest BCUT2D eigenvalue weighted by Gasteiger charge is 2.15. The predicted octanol–water partition coefficient (Wildman–Crippen LogP) is 0.696. The number of H-pyrrole nitrogens is 1. The van der Waals surface area contributed by atoms with E-state index in [9.17, 15) is 4.79 Å². The van der Waals surface area contributed by atoms with Crippen molar-refractivity contribution in [1.29, 1.82) is 0 Å². The molecule has 5 N–H and O–H groups in total. The summed E-state index contributed by atoms with van der Waals surface area (Å²) in [7, 11) is 0. The Labute approximate surface area is 138 Å². The van der Waals surface area contributed by atoms with Gasteiger partial charge in [0.1, 0.15) is 5.52 Å². The summed E-state index contributed by atoms with van der Waals surface area (Å²) in [5.74, 6) is 0.271. The number of rotatable bonds is 7. The van der Waals surface area contributed by atoms with Crippen molar-refractivity contribution in [1.82, 2.24) is 25.3 Å². The van der Waals surface area contributed by atoms with Crippen LogP contribution in [0.5, 0.6) is 0 Å². The molecule has 0 spiro atoms. The Balaban J connectivity index is 1.75. The smallest absolute Gasteiger partial charge is 0.289 e. The van der Waals surface area contributed by atoms with E-state index < -0.39 is 0 Å². The van der Waals surface area contributed by atoms with Crippen LogP contribution in [0.15, 0.2) is 36.7 Å². The van der Waals surface area contributed by atoms with Crippen LogP contribution in [0.3, 0.4) is 0 Å². The van der Waals surface area contributed by atoms with Gasteiger partial charge in [-0.15, -0.1) is 0 Å². The van der Waals surface area contributed by atoms with Gasteiger partial charge in [0.15, 0.2) is 11.5 Å². The summed E-state index contributed by atoms with van der Waals surface area (Å²) in [5.41, 5.74) is 7.75. The molecule has 3 aromatic rings. The first kappa shape index (κ1) is 15.9. The van der Waals surface area contributed by atoms with E-state index in [0.717, 1.165) is 6.42 Å². The Kier molecular flexibility index (Phi) is 4.97. The van der Waals surface area contributed by atoms with Gasteiger partial charge in [-0.3, -0.25) is 4.79 Å². The first-order chi connectivity index (χ1) is 11.8. The maximum absolute atomic E-state index is 12.1. The lowest BCUT2D eigenvalue weighted by atomic mass is 10.1. The van der Waals surface area contributed by atoms with Crippen LogP contribution < -0.4 is 16.4 Å². The standard InChI is InChI=1S/C16H19N7O/c17-7-9-19-16(24)15-22-13(12-14(23-15)21-10-20-12)18-8-6-11-4-2-1-3-5-11/h1-5,10H,6-9,17H2,(H,19,24)(H2,18,20,21,22,23). The van der Waals surface area contributed by atoms with Crippen molar-refractivity contribution in [3.63, 3.8) is 0 Å². The summed E-state index contributed by atoms with van der Waals surface area (Å²) in [6.07, 6.45) is 2.37. The van der Waals surface area contributed by atoms with Crippen LogP contribution >= 0.6 is 0 Å². The van der Waals surface area contributed by atoms with E-state index in [0.29, 0.717) is 36.6 Å². The Morgan fingerprint density at radius 2 is 2.00 bits per heavy atom. The van der Waals surface area contributed by atoms with Gasteiger partial charge in [-0.25, -0.2) is 15.0 Å². The molecule has 0 unspecified atom stereocenters. The zero-order chi connectivity index (χ0) is 16.8. The van der Waals surface area contributed by atoms with Crippen LogP contribution in [0.4, 0.5) is 5.82 Å². The molecule has 3 rings (SSSR count). The van der Waals surface area contributed by atoms with Crippen LogP contribution in [0.2, 0.25) is 0 Å². The molecule has 0 atom stereocenters. The molecule has 0 bridgehead atoms. The van der Waals surface area contributed by atoms with E-state index in [1.165, 1.54) is 11.9 Å². The van der Waals surface area contributed by atoms with E-state index in [1.54, 1.807) is 0 Å². The number of nitrogens with two attached hydrogens (primary N) is 1. The third-order valence-corrected chi connectivity index (χ3v) is 3.47. The van der Waals surface area contributed by atoms with E-state index in [4.69, 9.17) is 5.73 Å². The summed E-state index contributed by atoms with van der Waals surface area (Å²) in [5, 5.41) is 5.91. The zero-order valence-corrected chi connectivity index (χ0v) is 13.1. The van der Waals surface area contributed by atoms with Crippen LogP contribution in [-0.2, 0) is 6.42 Å². The second kappa shape index (κ2) is 7.51. The first-order valence-corrected chi connectivity index (χ1v) is 7.75. The Bertz CT molecular complexity index is 816. The van der Waals surface area contributed by atoms with Crippen molar-refractivity contribution < 1.29 is 4.79 Å². The Morgan fingerprint density at radius 3 is 2.79 bits per heavy atom. The van der Waals surface area contributed by atoms with Gasteiger partial charge in [0, 0.05) is 19.6 Å². The summed E-state index contributed by atoms with van der Waals surface area (Å²) in [6.45, 7) is 1.41. The number of aromatic nitrogens is 4. The number of benzene rings is 1. The number of anilines is 1. The number of nitrogens with zero attached hydrogens (tertiary/aromatic N) is 3. The fraction of sp³-hybridized carbons (Fsp3) is 0.250. The number of aromatic amines is 1. The number of amides is 1. The summed E-state index contributed by atoms with van der Waals surface area (Å²) < 4.78 is 0. The van der Waals surface area contributed by atoms with Gasteiger partial charge in [0.05, 0.1) is 6.33 Å². The van der Waals surface area contributed by atoms with Crippen LogP contribution in [0.25, 0.3) is 11.2 Å². The minimum atomic E-state index is -0.364. The highest BCUT2D eigenvalue weighted by atomic mass is 16.2. The highest BCUT2D eigenvalue weighted by molar-refractivity contribution is 5.94. The van der Waals surface area contributed by atoms with Crippen LogP contribution in [-0.4, -0.2) is 45.5 Å². The van der Waals surface area contributed by atoms with Crippen LogP contribution in [0.1, 0.15) is 16.2 Å². The minimum absolute atomic E-state index is 0.0743. The molecule has 1 aromatic carbocycles. The molecule has 24 heavy (non-hydrogen) atoms. The predicted molar refractivity (Wildman–Crippen MR) is 91.7 cm³/mol. The van der Waals surface area contributed by atoms with E-state index >= 15 is 0 Å². The van der Waals surface area contributed by atoms with Gasteiger partial charge in [-0.1, -0.05) is 30.3 Å². The molecule has 0 aliphatic heterocycles.